The van der Waals surface area contributed by atoms with Crippen LogP contribution in [-0.2, 0) is 0 Å². The number of thiocarbonyl (C=S) groups is 1. The van der Waals surface area contributed by atoms with Gasteiger partial charge in [-0.15, -0.1) is 0 Å². The van der Waals surface area contributed by atoms with Crippen LogP contribution in [0.2, 0.25) is 0 Å². The Morgan fingerprint density at radius 2 is 1.95 bits per heavy atom. The average molecular weight is 283 g/mol. The Bertz CT molecular complexity index is 435. The Hall–Kier alpha value is -1.20. The summed E-state index contributed by atoms with van der Waals surface area (Å²) in [6, 6.07) is 4.95. The van der Waals surface area contributed by atoms with E-state index in [9.17, 15) is 4.39 Å². The molecule has 0 aliphatic heterocycles. The molecule has 19 heavy (non-hydrogen) atoms. The fourth-order valence-electron chi connectivity index (χ4n) is 1.86. The minimum atomic E-state index is -0.266. The van der Waals surface area contributed by atoms with Gasteiger partial charge in [-0.1, -0.05) is 19.1 Å². The van der Waals surface area contributed by atoms with Gasteiger partial charge in [-0.25, -0.2) is 4.39 Å². The van der Waals surface area contributed by atoms with Gasteiger partial charge in [-0.05, 0) is 38.7 Å². The number of hydrogen-bond acceptors (Lipinski definition) is 3. The van der Waals surface area contributed by atoms with Crippen LogP contribution in [0.25, 0.3) is 0 Å². The van der Waals surface area contributed by atoms with Gasteiger partial charge in [0.05, 0.1) is 5.69 Å². The second-order valence-electron chi connectivity index (χ2n) is 4.82. The van der Waals surface area contributed by atoms with Gasteiger partial charge in [-0.3, -0.25) is 0 Å². The third kappa shape index (κ3) is 4.76. The van der Waals surface area contributed by atoms with Crippen molar-refractivity contribution < 1.29 is 4.39 Å². The molecular formula is C14H22FN3S. The number of benzene rings is 1. The predicted octanol–water partition coefficient (Wildman–Crippen LogP) is 2.24. The molecular weight excluding hydrogens is 261 g/mol. The Kier molecular flexibility index (Phi) is 6.18. The molecule has 0 saturated heterocycles. The van der Waals surface area contributed by atoms with E-state index in [1.807, 2.05) is 14.1 Å². The normalized spacial score (nSPS) is 10.8. The fraction of sp³-hybridized carbons (Fsp3) is 0.500. The van der Waals surface area contributed by atoms with Gasteiger partial charge in [0, 0.05) is 25.2 Å². The van der Waals surface area contributed by atoms with Crippen LogP contribution in [0.5, 0.6) is 0 Å². The van der Waals surface area contributed by atoms with Crippen molar-refractivity contribution in [3.05, 3.63) is 29.6 Å². The van der Waals surface area contributed by atoms with Crippen LogP contribution < -0.4 is 10.6 Å². The monoisotopic (exact) mass is 283 g/mol. The lowest BCUT2D eigenvalue weighted by molar-refractivity contribution is 0.412. The lowest BCUT2D eigenvalue weighted by Gasteiger charge is -2.26. The van der Waals surface area contributed by atoms with Crippen molar-refractivity contribution >= 4 is 22.9 Å². The molecule has 0 saturated carbocycles. The number of anilines is 1. The maximum Gasteiger partial charge on any atom is 0.147 e. The first-order valence-corrected chi connectivity index (χ1v) is 6.85. The van der Waals surface area contributed by atoms with Crippen LogP contribution >= 0.6 is 12.2 Å². The summed E-state index contributed by atoms with van der Waals surface area (Å²) in [5, 5.41) is 0. The second-order valence-corrected chi connectivity index (χ2v) is 5.26. The first-order chi connectivity index (χ1) is 8.95. The van der Waals surface area contributed by atoms with Gasteiger partial charge in [0.1, 0.15) is 10.8 Å². The summed E-state index contributed by atoms with van der Waals surface area (Å²) in [6.07, 6.45) is 0.976. The smallest absolute Gasteiger partial charge is 0.147 e. The molecule has 0 aliphatic rings. The average Bonchev–Trinajstić information content (AvgIpc) is 2.34. The number of likely N-dealkylation sites (N-methyl/N-ethyl adjacent to an activating group) is 1. The van der Waals surface area contributed by atoms with Gasteiger partial charge in [-0.2, -0.15) is 0 Å². The zero-order valence-electron chi connectivity index (χ0n) is 11.8. The number of rotatable bonds is 7. The largest absolute Gasteiger partial charge is 0.389 e. The standard InChI is InChI=1S/C14H22FN3S/c1-4-7-18(9-8-17(2)3)13-6-5-11(14(16)19)10-12(13)15/h5-6,10H,4,7-9H2,1-3H3,(H2,16,19). The SMILES string of the molecule is CCCN(CCN(C)C)c1ccc(C(N)=S)cc1F. The molecule has 0 atom stereocenters. The molecule has 1 aromatic carbocycles. The molecule has 0 spiro atoms. The summed E-state index contributed by atoms with van der Waals surface area (Å²) < 4.78 is 14.1. The Labute approximate surface area is 120 Å². The molecule has 1 aromatic rings. The van der Waals surface area contributed by atoms with Gasteiger partial charge in [0.2, 0.25) is 0 Å². The molecule has 106 valence electrons. The molecule has 0 bridgehead atoms. The fourth-order valence-corrected chi connectivity index (χ4v) is 1.99. The summed E-state index contributed by atoms with van der Waals surface area (Å²) in [7, 11) is 4.02. The molecule has 0 fully saturated rings. The van der Waals surface area contributed by atoms with Crippen LogP contribution in [0.4, 0.5) is 10.1 Å². The molecule has 0 heterocycles. The highest BCUT2D eigenvalue weighted by Crippen LogP contribution is 2.21. The number of nitrogens with zero attached hydrogens (tertiary/aromatic N) is 2. The van der Waals surface area contributed by atoms with E-state index in [1.54, 1.807) is 12.1 Å². The highest BCUT2D eigenvalue weighted by molar-refractivity contribution is 7.80. The maximum absolute atomic E-state index is 14.1. The van der Waals surface area contributed by atoms with Crippen LogP contribution in [0.1, 0.15) is 18.9 Å². The second kappa shape index (κ2) is 7.40. The lowest BCUT2D eigenvalue weighted by atomic mass is 10.1. The van der Waals surface area contributed by atoms with Gasteiger partial charge >= 0.3 is 0 Å². The molecule has 2 N–H and O–H groups in total. The van der Waals surface area contributed by atoms with Crippen molar-refractivity contribution in [2.75, 3.05) is 38.6 Å². The van der Waals surface area contributed by atoms with Gasteiger partial charge in [0.15, 0.2) is 0 Å². The van der Waals surface area contributed by atoms with E-state index in [2.05, 4.69) is 16.7 Å². The van der Waals surface area contributed by atoms with Crippen LogP contribution in [-0.4, -0.2) is 43.6 Å². The topological polar surface area (TPSA) is 32.5 Å². The van der Waals surface area contributed by atoms with Crippen LogP contribution in [0.15, 0.2) is 18.2 Å². The third-order valence-corrected chi connectivity index (χ3v) is 3.12. The Balaban J connectivity index is 2.92. The van der Waals surface area contributed by atoms with Gasteiger partial charge in [0.25, 0.3) is 0 Å². The molecule has 0 aliphatic carbocycles. The zero-order valence-corrected chi connectivity index (χ0v) is 12.6. The van der Waals surface area contributed by atoms with E-state index in [1.165, 1.54) is 6.07 Å². The quantitative estimate of drug-likeness (QED) is 0.778. The minimum absolute atomic E-state index is 0.223. The predicted molar refractivity (Wildman–Crippen MR) is 83.3 cm³/mol. The van der Waals surface area contributed by atoms with Crippen molar-refractivity contribution in [1.82, 2.24) is 4.90 Å². The third-order valence-electron chi connectivity index (χ3n) is 2.88. The summed E-state index contributed by atoms with van der Waals surface area (Å²) >= 11 is 4.86. The van der Waals surface area contributed by atoms with Crippen molar-refractivity contribution in [1.29, 1.82) is 0 Å². The summed E-state index contributed by atoms with van der Waals surface area (Å²) in [5.41, 5.74) is 6.69. The number of hydrogen-bond donors (Lipinski definition) is 1. The molecule has 0 amide bonds. The first kappa shape index (κ1) is 15.9. The van der Waals surface area contributed by atoms with Gasteiger partial charge < -0.3 is 15.5 Å². The number of halogens is 1. The highest BCUT2D eigenvalue weighted by Gasteiger charge is 2.12. The van der Waals surface area contributed by atoms with Crippen molar-refractivity contribution in [2.45, 2.75) is 13.3 Å². The van der Waals surface area contributed by atoms with E-state index in [0.29, 0.717) is 11.3 Å². The molecule has 0 aromatic heterocycles. The highest BCUT2D eigenvalue weighted by atomic mass is 32.1. The van der Waals surface area contributed by atoms with E-state index in [4.69, 9.17) is 18.0 Å². The molecule has 5 heteroatoms. The summed E-state index contributed by atoms with van der Waals surface area (Å²) in [5.74, 6) is -0.266. The summed E-state index contributed by atoms with van der Waals surface area (Å²) in [6.45, 7) is 4.60. The molecule has 0 radical (unpaired) electrons. The first-order valence-electron chi connectivity index (χ1n) is 6.44. The van der Waals surface area contributed by atoms with Crippen molar-refractivity contribution in [3.8, 4) is 0 Å². The van der Waals surface area contributed by atoms with Crippen molar-refractivity contribution in [2.24, 2.45) is 5.73 Å². The molecule has 1 rings (SSSR count). The van der Waals surface area contributed by atoms with E-state index < -0.39 is 0 Å². The minimum Gasteiger partial charge on any atom is -0.389 e. The Morgan fingerprint density at radius 3 is 2.42 bits per heavy atom. The van der Waals surface area contributed by atoms with Crippen LogP contribution in [0, 0.1) is 5.82 Å². The van der Waals surface area contributed by atoms with Crippen LogP contribution in [0.3, 0.4) is 0 Å². The van der Waals surface area contributed by atoms with E-state index in [0.717, 1.165) is 26.1 Å². The molecule has 0 unspecified atom stereocenters. The number of nitrogens with two attached hydrogens (primary N) is 1. The molecule has 3 nitrogen and oxygen atoms in total. The summed E-state index contributed by atoms with van der Waals surface area (Å²) in [4.78, 5) is 4.36. The van der Waals surface area contributed by atoms with E-state index >= 15 is 0 Å². The maximum atomic E-state index is 14.1. The van der Waals surface area contributed by atoms with Crippen molar-refractivity contribution in [3.63, 3.8) is 0 Å². The Morgan fingerprint density at radius 1 is 1.26 bits per heavy atom. The zero-order chi connectivity index (χ0) is 14.4. The van der Waals surface area contributed by atoms with E-state index in [-0.39, 0.29) is 10.8 Å². The lowest BCUT2D eigenvalue weighted by Crippen LogP contribution is -2.33.